The highest BCUT2D eigenvalue weighted by atomic mass is 16.5. The lowest BCUT2D eigenvalue weighted by Crippen LogP contribution is -2.48. The summed E-state index contributed by atoms with van der Waals surface area (Å²) < 4.78 is 5.73. The normalized spacial score (nSPS) is 16.7. The lowest BCUT2D eigenvalue weighted by atomic mass is 9.92. The van der Waals surface area contributed by atoms with Crippen LogP contribution in [0.3, 0.4) is 0 Å². The Labute approximate surface area is 148 Å². The van der Waals surface area contributed by atoms with Gasteiger partial charge in [-0.1, -0.05) is 60.6 Å². The van der Waals surface area contributed by atoms with Crippen LogP contribution in [0.2, 0.25) is 0 Å². The number of nitrogens with one attached hydrogen (secondary N) is 2. The van der Waals surface area contributed by atoms with E-state index in [0.29, 0.717) is 11.5 Å². The molecule has 0 bridgehead atoms. The molecule has 1 heterocycles. The highest BCUT2D eigenvalue weighted by Crippen LogP contribution is 2.19. The van der Waals surface area contributed by atoms with Gasteiger partial charge >= 0.3 is 0 Å². The Balaban J connectivity index is -0.000000104. The molecule has 0 radical (unpaired) electrons. The Morgan fingerprint density at radius 1 is 1.13 bits per heavy atom. The van der Waals surface area contributed by atoms with E-state index in [1.54, 1.807) is 0 Å². The molecule has 4 heteroatoms. The lowest BCUT2D eigenvalue weighted by Gasteiger charge is -2.27. The zero-order chi connectivity index (χ0) is 17.9. The van der Waals surface area contributed by atoms with Crippen molar-refractivity contribution in [1.29, 1.82) is 0 Å². The summed E-state index contributed by atoms with van der Waals surface area (Å²) in [5.74, 6) is 0. The van der Waals surface area contributed by atoms with Crippen LogP contribution in [-0.2, 0) is 4.74 Å². The number of hydrazine groups is 1. The van der Waals surface area contributed by atoms with Gasteiger partial charge in [-0.25, -0.2) is 0 Å². The Bertz CT molecular complexity index is 215. The van der Waals surface area contributed by atoms with Gasteiger partial charge in [-0.3, -0.25) is 10.9 Å². The van der Waals surface area contributed by atoms with Crippen molar-refractivity contribution >= 4 is 0 Å². The summed E-state index contributed by atoms with van der Waals surface area (Å²) in [6.07, 6.45) is 7.64. The van der Waals surface area contributed by atoms with Gasteiger partial charge in [-0.2, -0.15) is 0 Å². The minimum Gasteiger partial charge on any atom is -0.412 e. The average Bonchev–Trinajstić information content (AvgIpc) is 2.59. The molecule has 0 spiro atoms. The Morgan fingerprint density at radius 2 is 1.65 bits per heavy atom. The molecule has 0 unspecified atom stereocenters. The van der Waals surface area contributed by atoms with Crippen LogP contribution in [0.1, 0.15) is 83.0 Å². The van der Waals surface area contributed by atoms with E-state index in [1.807, 2.05) is 53.7 Å². The van der Waals surface area contributed by atoms with Crippen molar-refractivity contribution in [3.8, 4) is 0 Å². The van der Waals surface area contributed by atoms with Crippen LogP contribution in [0.5, 0.6) is 0 Å². The fourth-order valence-electron chi connectivity index (χ4n) is 1.43. The maximum Gasteiger partial charge on any atom is 0.0633 e. The fourth-order valence-corrected chi connectivity index (χ4v) is 1.43. The van der Waals surface area contributed by atoms with E-state index in [2.05, 4.69) is 31.6 Å². The largest absolute Gasteiger partial charge is 0.412 e. The van der Waals surface area contributed by atoms with E-state index in [1.165, 1.54) is 19.3 Å². The predicted octanol–water partition coefficient (Wildman–Crippen LogP) is 4.75. The second kappa shape index (κ2) is 23.8. The Morgan fingerprint density at radius 3 is 2.00 bits per heavy atom. The third-order valence-electron chi connectivity index (χ3n) is 3.26. The summed E-state index contributed by atoms with van der Waals surface area (Å²) >= 11 is 0. The first-order chi connectivity index (χ1) is 10.6. The minimum atomic E-state index is 0. The summed E-state index contributed by atoms with van der Waals surface area (Å²) in [6.45, 7) is 21.5. The van der Waals surface area contributed by atoms with E-state index >= 15 is 0 Å². The topological polar surface area (TPSA) is 64.8 Å². The molecule has 0 aromatic rings. The Kier molecular flexibility index (Phi) is 31.6. The Hall–Kier alpha value is -0.420. The summed E-state index contributed by atoms with van der Waals surface area (Å²) in [6, 6.07) is 0.497. The van der Waals surface area contributed by atoms with Gasteiger partial charge in [0.15, 0.2) is 0 Å². The summed E-state index contributed by atoms with van der Waals surface area (Å²) in [7, 11) is 0. The van der Waals surface area contributed by atoms with Crippen LogP contribution in [0.15, 0.2) is 12.2 Å². The van der Waals surface area contributed by atoms with Gasteiger partial charge in [0.2, 0.25) is 0 Å². The third kappa shape index (κ3) is 24.0. The first-order valence-corrected chi connectivity index (χ1v) is 9.19. The molecule has 1 saturated heterocycles. The van der Waals surface area contributed by atoms with Crippen LogP contribution < -0.4 is 10.9 Å². The molecule has 0 aromatic carbocycles. The van der Waals surface area contributed by atoms with Crippen molar-refractivity contribution in [1.82, 2.24) is 10.9 Å². The minimum absolute atomic E-state index is 0. The van der Waals surface area contributed by atoms with Crippen molar-refractivity contribution < 1.29 is 11.6 Å². The summed E-state index contributed by atoms with van der Waals surface area (Å²) in [4.78, 5) is 0. The quantitative estimate of drug-likeness (QED) is 0.712. The molecule has 1 aliphatic heterocycles. The smallest absolute Gasteiger partial charge is 0.0633 e. The van der Waals surface area contributed by atoms with Gasteiger partial charge in [0.1, 0.15) is 0 Å². The molecular weight excluding hydrogens is 288 g/mol. The summed E-state index contributed by atoms with van der Waals surface area (Å²) in [5.41, 5.74) is 6.74. The van der Waals surface area contributed by atoms with E-state index < -0.39 is 0 Å². The van der Waals surface area contributed by atoms with Crippen LogP contribution in [0, 0.1) is 5.41 Å². The van der Waals surface area contributed by atoms with Crippen molar-refractivity contribution in [2.24, 2.45) is 5.41 Å². The number of ether oxygens (including phenoxy) is 1. The number of hydrogen-bond acceptors (Lipinski definition) is 3. The lowest BCUT2D eigenvalue weighted by molar-refractivity contribution is 0.0393. The van der Waals surface area contributed by atoms with Crippen LogP contribution in [0.4, 0.5) is 0 Å². The van der Waals surface area contributed by atoms with Gasteiger partial charge in [0.25, 0.3) is 0 Å². The SMILES string of the molecule is C/C=C/C.CC.CC.CCC(C)(C)COC[C@@H]1CCCNN1.O.[HH]. The van der Waals surface area contributed by atoms with E-state index in [0.717, 1.165) is 19.8 Å². The molecule has 146 valence electrons. The molecule has 1 aliphatic rings. The van der Waals surface area contributed by atoms with E-state index in [-0.39, 0.29) is 6.90 Å². The molecular formula is C19H48N2O2. The highest BCUT2D eigenvalue weighted by molar-refractivity contribution is 4.70. The molecule has 4 nitrogen and oxygen atoms in total. The molecule has 0 aliphatic carbocycles. The molecule has 0 saturated carbocycles. The molecule has 23 heavy (non-hydrogen) atoms. The van der Waals surface area contributed by atoms with Crippen molar-refractivity contribution in [3.05, 3.63) is 12.2 Å². The summed E-state index contributed by atoms with van der Waals surface area (Å²) in [5, 5.41) is 0. The molecule has 1 rings (SSSR count). The van der Waals surface area contributed by atoms with Gasteiger partial charge in [0, 0.05) is 14.0 Å². The van der Waals surface area contributed by atoms with Gasteiger partial charge < -0.3 is 10.2 Å². The molecule has 4 N–H and O–H groups in total. The molecule has 0 amide bonds. The predicted molar refractivity (Wildman–Crippen MR) is 108 cm³/mol. The highest BCUT2D eigenvalue weighted by Gasteiger charge is 2.17. The second-order valence-corrected chi connectivity index (χ2v) is 5.61. The maximum absolute atomic E-state index is 5.73. The zero-order valence-electron chi connectivity index (χ0n) is 17.4. The number of hydrogen-bond donors (Lipinski definition) is 2. The average molecular weight is 337 g/mol. The third-order valence-corrected chi connectivity index (χ3v) is 3.26. The van der Waals surface area contributed by atoms with Crippen LogP contribution in [0.25, 0.3) is 0 Å². The van der Waals surface area contributed by atoms with E-state index in [9.17, 15) is 0 Å². The fraction of sp³-hybridized carbons (Fsp3) is 0.895. The second-order valence-electron chi connectivity index (χ2n) is 5.61. The standard InChI is InChI=1S/C11H24N2O.C4H8.2C2H6.H2O.H2/c1-4-11(2,3)9-14-8-10-6-5-7-12-13-10;1-3-4-2;2*1-2;;/h10,12-13H,4-9H2,1-3H3;3-4H,1-2H3;2*1-2H3;1H2;1H/b;4-3+;;;;/t10-;;;;;/m0...../s1. The van der Waals surface area contributed by atoms with Crippen molar-refractivity contribution in [3.63, 3.8) is 0 Å². The molecule has 0 aromatic heterocycles. The molecule has 1 atom stereocenters. The first-order valence-electron chi connectivity index (χ1n) is 9.19. The van der Waals surface area contributed by atoms with Gasteiger partial charge in [-0.05, 0) is 38.5 Å². The monoisotopic (exact) mass is 336 g/mol. The van der Waals surface area contributed by atoms with Crippen molar-refractivity contribution in [2.75, 3.05) is 19.8 Å². The van der Waals surface area contributed by atoms with Crippen molar-refractivity contribution in [2.45, 2.75) is 87.6 Å². The van der Waals surface area contributed by atoms with E-state index in [4.69, 9.17) is 4.74 Å². The number of rotatable bonds is 5. The first kappa shape index (κ1) is 30.5. The van der Waals surface area contributed by atoms with Crippen LogP contribution >= 0.6 is 0 Å². The molecule has 1 fully saturated rings. The maximum atomic E-state index is 5.73. The zero-order valence-corrected chi connectivity index (χ0v) is 17.4. The van der Waals surface area contributed by atoms with Crippen LogP contribution in [-0.4, -0.2) is 31.3 Å². The van der Waals surface area contributed by atoms with Gasteiger partial charge in [-0.15, -0.1) is 0 Å². The van der Waals surface area contributed by atoms with Gasteiger partial charge in [0.05, 0.1) is 13.2 Å². The number of allylic oxidation sites excluding steroid dienone is 2.